The van der Waals surface area contributed by atoms with Crippen LogP contribution >= 0.6 is 11.6 Å². The van der Waals surface area contributed by atoms with Crippen LogP contribution in [-0.2, 0) is 20.3 Å². The van der Waals surface area contributed by atoms with E-state index in [0.717, 1.165) is 16.8 Å². The first-order chi connectivity index (χ1) is 16.1. The summed E-state index contributed by atoms with van der Waals surface area (Å²) < 4.78 is 49.3. The van der Waals surface area contributed by atoms with Crippen molar-refractivity contribution < 1.29 is 17.9 Å². The highest BCUT2D eigenvalue weighted by molar-refractivity contribution is 6.32. The molecule has 0 aliphatic carbocycles. The molecule has 0 saturated heterocycles. The van der Waals surface area contributed by atoms with Crippen LogP contribution < -0.4 is 15.6 Å². The lowest BCUT2D eigenvalue weighted by Gasteiger charge is -2.12. The fourth-order valence-electron chi connectivity index (χ4n) is 3.37. The summed E-state index contributed by atoms with van der Waals surface area (Å²) >= 11 is 6.15. The molecule has 0 amide bonds. The lowest BCUT2D eigenvalue weighted by molar-refractivity contribution is -0.138. The zero-order chi connectivity index (χ0) is 24.2. The molecule has 0 aliphatic heterocycles. The van der Waals surface area contributed by atoms with E-state index in [4.69, 9.17) is 16.3 Å². The molecule has 10 nitrogen and oxygen atoms in total. The summed E-state index contributed by atoms with van der Waals surface area (Å²) in [4.78, 5) is 24.9. The van der Waals surface area contributed by atoms with Gasteiger partial charge in [-0.15, -0.1) is 0 Å². The molecule has 5 rings (SSSR count). The highest BCUT2D eigenvalue weighted by atomic mass is 35.5. The summed E-state index contributed by atoms with van der Waals surface area (Å²) in [6, 6.07) is 2.38. The van der Waals surface area contributed by atoms with Gasteiger partial charge in [-0.1, -0.05) is 11.6 Å². The van der Waals surface area contributed by atoms with Crippen LogP contribution in [0.25, 0.3) is 16.7 Å². The number of imidazole rings is 1. The Labute approximate surface area is 193 Å². The summed E-state index contributed by atoms with van der Waals surface area (Å²) in [5.74, 6) is 0.818. The lowest BCUT2D eigenvalue weighted by atomic mass is 10.2. The number of rotatable bonds is 4. The van der Waals surface area contributed by atoms with Gasteiger partial charge in [-0.05, 0) is 6.07 Å². The zero-order valence-corrected chi connectivity index (χ0v) is 18.3. The normalized spacial score (nSPS) is 11.9. The van der Waals surface area contributed by atoms with Crippen molar-refractivity contribution in [3.8, 4) is 11.5 Å². The summed E-state index contributed by atoms with van der Waals surface area (Å²) in [5, 5.41) is 7.04. The summed E-state index contributed by atoms with van der Waals surface area (Å²) in [6.07, 6.45) is 2.14. The van der Waals surface area contributed by atoms with Crippen LogP contribution in [0.3, 0.4) is 0 Å². The first kappa shape index (κ1) is 21.7. The van der Waals surface area contributed by atoms with E-state index in [1.807, 2.05) is 0 Å². The maximum Gasteiger partial charge on any atom is 0.417 e. The minimum atomic E-state index is -4.61. The lowest BCUT2D eigenvalue weighted by Crippen LogP contribution is -2.23. The number of nitrogens with one attached hydrogen (secondary N) is 1. The zero-order valence-electron chi connectivity index (χ0n) is 17.5. The minimum absolute atomic E-state index is 0.124. The smallest absolute Gasteiger partial charge is 0.417 e. The second-order valence-corrected chi connectivity index (χ2v) is 7.67. The summed E-state index contributed by atoms with van der Waals surface area (Å²) in [5.41, 5.74) is -0.621. The molecule has 5 heterocycles. The number of aromatic nitrogens is 7. The van der Waals surface area contributed by atoms with Crippen molar-refractivity contribution in [1.82, 2.24) is 33.7 Å². The third-order valence-corrected chi connectivity index (χ3v) is 5.33. The van der Waals surface area contributed by atoms with Crippen molar-refractivity contribution in [1.29, 1.82) is 0 Å². The van der Waals surface area contributed by atoms with Crippen molar-refractivity contribution in [3.63, 3.8) is 0 Å². The van der Waals surface area contributed by atoms with Gasteiger partial charge in [-0.3, -0.25) is 4.79 Å². The van der Waals surface area contributed by atoms with Gasteiger partial charge < -0.3 is 19.2 Å². The van der Waals surface area contributed by atoms with Crippen LogP contribution in [0.4, 0.5) is 24.8 Å². The number of alkyl halides is 3. The topological polar surface area (TPSA) is 104 Å². The second-order valence-electron chi connectivity index (χ2n) is 7.31. The maximum atomic E-state index is 13.2. The Balaban J connectivity index is 1.50. The minimum Gasteiger partial charge on any atom is -0.452 e. The van der Waals surface area contributed by atoms with Gasteiger partial charge >= 0.3 is 6.18 Å². The number of hydrogen-bond donors (Lipinski definition) is 1. The van der Waals surface area contributed by atoms with Crippen LogP contribution in [0.1, 0.15) is 5.56 Å². The highest BCUT2D eigenvalue weighted by Crippen LogP contribution is 2.32. The molecule has 34 heavy (non-hydrogen) atoms. The van der Waals surface area contributed by atoms with Crippen LogP contribution in [0.15, 0.2) is 47.9 Å². The Kier molecular flexibility index (Phi) is 4.93. The van der Waals surface area contributed by atoms with E-state index in [-0.39, 0.29) is 16.8 Å². The van der Waals surface area contributed by atoms with E-state index in [1.165, 1.54) is 30.2 Å². The van der Waals surface area contributed by atoms with Crippen LogP contribution in [0.2, 0.25) is 5.15 Å². The van der Waals surface area contributed by atoms with Crippen LogP contribution in [0, 0.1) is 0 Å². The van der Waals surface area contributed by atoms with Crippen LogP contribution in [-0.4, -0.2) is 33.7 Å². The number of hydrogen-bond acceptors (Lipinski definition) is 7. The molecule has 0 fully saturated rings. The monoisotopic (exact) mass is 490 g/mol. The second kappa shape index (κ2) is 7.73. The molecule has 0 bridgehead atoms. The van der Waals surface area contributed by atoms with E-state index < -0.39 is 17.3 Å². The molecule has 14 heteroatoms. The molecular formula is C20H14ClF3N8O2. The molecule has 0 aromatic carbocycles. The first-order valence-electron chi connectivity index (χ1n) is 9.65. The van der Waals surface area contributed by atoms with Crippen molar-refractivity contribution in [3.05, 3.63) is 64.2 Å². The summed E-state index contributed by atoms with van der Waals surface area (Å²) in [7, 11) is 2.86. The SMILES string of the molecule is Cn1cc(C(F)(F)F)cc(Nc2nc3ncc(Oc4cnn5ccnc(Cl)c45)cc3n2C)c1=O. The Morgan fingerprint density at radius 1 is 1.15 bits per heavy atom. The number of halogens is 4. The predicted molar refractivity (Wildman–Crippen MR) is 117 cm³/mol. The quantitative estimate of drug-likeness (QED) is 0.407. The molecular weight excluding hydrogens is 477 g/mol. The number of ether oxygens (including phenoxy) is 1. The van der Waals surface area contributed by atoms with Gasteiger partial charge in [-0.25, -0.2) is 14.5 Å². The predicted octanol–water partition coefficient (Wildman–Crippen LogP) is 3.92. The van der Waals surface area contributed by atoms with Gasteiger partial charge in [0.05, 0.1) is 23.5 Å². The van der Waals surface area contributed by atoms with E-state index >= 15 is 0 Å². The molecule has 5 aromatic heterocycles. The molecule has 174 valence electrons. The van der Waals surface area contributed by atoms with Gasteiger partial charge in [0.25, 0.3) is 5.56 Å². The molecule has 0 spiro atoms. The van der Waals surface area contributed by atoms with Crippen LogP contribution in [0.5, 0.6) is 11.5 Å². The average molecular weight is 491 g/mol. The fourth-order valence-corrected chi connectivity index (χ4v) is 3.61. The largest absolute Gasteiger partial charge is 0.452 e. The van der Waals surface area contributed by atoms with Gasteiger partial charge in [0.1, 0.15) is 17.0 Å². The van der Waals surface area contributed by atoms with Crippen molar-refractivity contribution in [2.45, 2.75) is 6.18 Å². The Bertz CT molecular complexity index is 1620. The molecule has 0 saturated carbocycles. The maximum absolute atomic E-state index is 13.2. The van der Waals surface area contributed by atoms with Crippen molar-refractivity contribution >= 4 is 39.9 Å². The van der Waals surface area contributed by atoms with Crippen molar-refractivity contribution in [2.24, 2.45) is 14.1 Å². The number of aryl methyl sites for hydroxylation is 2. The molecule has 5 aromatic rings. The van der Waals surface area contributed by atoms with Gasteiger partial charge in [0.2, 0.25) is 5.95 Å². The molecule has 0 aliphatic rings. The Hall–Kier alpha value is -4.13. The molecule has 0 atom stereocenters. The number of nitrogens with zero attached hydrogens (tertiary/aromatic N) is 7. The highest BCUT2D eigenvalue weighted by Gasteiger charge is 2.32. The van der Waals surface area contributed by atoms with Crippen molar-refractivity contribution in [2.75, 3.05) is 5.32 Å². The Morgan fingerprint density at radius 2 is 1.94 bits per heavy atom. The van der Waals surface area contributed by atoms with Gasteiger partial charge in [0, 0.05) is 38.8 Å². The Morgan fingerprint density at radius 3 is 2.71 bits per heavy atom. The molecule has 0 radical (unpaired) electrons. The number of pyridine rings is 2. The van der Waals surface area contributed by atoms with E-state index in [2.05, 4.69) is 25.4 Å². The van der Waals surface area contributed by atoms with E-state index in [1.54, 1.807) is 23.9 Å². The average Bonchev–Trinajstić information content (AvgIpc) is 3.32. The van der Waals surface area contributed by atoms with Gasteiger partial charge in [-0.2, -0.15) is 23.3 Å². The van der Waals surface area contributed by atoms with Gasteiger partial charge in [0.15, 0.2) is 16.5 Å². The van der Waals surface area contributed by atoms with E-state index in [9.17, 15) is 18.0 Å². The first-order valence-corrected chi connectivity index (χ1v) is 10.0. The van der Waals surface area contributed by atoms with E-state index in [0.29, 0.717) is 28.2 Å². The third kappa shape index (κ3) is 3.69. The fraction of sp³-hybridized carbons (Fsp3) is 0.150. The number of fused-ring (bicyclic) bond motifs is 2. The number of anilines is 2. The molecule has 1 N–H and O–H groups in total. The summed E-state index contributed by atoms with van der Waals surface area (Å²) in [6.45, 7) is 0. The third-order valence-electron chi connectivity index (χ3n) is 5.05. The standard InChI is InChI=1S/C20H14ClF3N8O2/c1-30-9-10(20(22,23)24)5-12(18(30)33)28-19-29-17-13(31(19)2)6-11(7-26-17)34-14-8-27-32-4-3-25-16(21)15(14)32/h3-9H,1-2H3,(H,26,28,29). The molecule has 0 unspecified atom stereocenters.